The number of esters is 1. The highest BCUT2D eigenvalue weighted by Gasteiger charge is 2.22. The minimum Gasteiger partial charge on any atom is -0.461 e. The van der Waals surface area contributed by atoms with Crippen LogP contribution >= 0.6 is 0 Å². The second-order valence-electron chi connectivity index (χ2n) is 5.17. The van der Waals surface area contributed by atoms with Gasteiger partial charge in [-0.25, -0.2) is 9.48 Å². The van der Waals surface area contributed by atoms with Gasteiger partial charge in [-0.2, -0.15) is 0 Å². The first-order chi connectivity index (χ1) is 8.99. The van der Waals surface area contributed by atoms with E-state index in [0.717, 1.165) is 5.69 Å². The largest absolute Gasteiger partial charge is 0.461 e. The number of hydrogen-bond donors (Lipinski definition) is 1. The molecule has 1 aromatic rings. The zero-order valence-corrected chi connectivity index (χ0v) is 12.1. The summed E-state index contributed by atoms with van der Waals surface area (Å²) in [4.78, 5) is 11.8. The van der Waals surface area contributed by atoms with Crippen LogP contribution in [0.25, 0.3) is 0 Å². The van der Waals surface area contributed by atoms with Gasteiger partial charge in [0.15, 0.2) is 5.69 Å². The molecule has 1 heterocycles. The summed E-state index contributed by atoms with van der Waals surface area (Å²) in [6.45, 7) is 8.77. The van der Waals surface area contributed by atoms with Crippen molar-refractivity contribution in [2.45, 2.75) is 40.7 Å². The molecule has 108 valence electrons. The van der Waals surface area contributed by atoms with Crippen LogP contribution in [0.15, 0.2) is 0 Å². The third-order valence-corrected chi connectivity index (χ3v) is 2.70. The average molecular weight is 269 g/mol. The molecule has 0 aliphatic rings. The zero-order valence-electron chi connectivity index (χ0n) is 12.1. The number of hydrogen-bond acceptors (Lipinski definition) is 5. The Morgan fingerprint density at radius 1 is 1.42 bits per heavy atom. The molecular weight excluding hydrogens is 246 g/mol. The van der Waals surface area contributed by atoms with Crippen molar-refractivity contribution in [1.29, 1.82) is 0 Å². The molecule has 0 aromatic carbocycles. The summed E-state index contributed by atoms with van der Waals surface area (Å²) >= 11 is 0. The quantitative estimate of drug-likeness (QED) is 0.754. The lowest BCUT2D eigenvalue weighted by molar-refractivity contribution is 0.0517. The molecule has 1 unspecified atom stereocenters. The number of aliphatic hydroxyl groups is 1. The van der Waals surface area contributed by atoms with Crippen LogP contribution in [0, 0.1) is 11.8 Å². The predicted octanol–water partition coefficient (Wildman–Crippen LogP) is 1.28. The Labute approximate surface area is 113 Å². The van der Waals surface area contributed by atoms with Gasteiger partial charge < -0.3 is 9.84 Å². The van der Waals surface area contributed by atoms with E-state index in [2.05, 4.69) is 24.2 Å². The molecule has 6 heteroatoms. The first-order valence-electron chi connectivity index (χ1n) is 6.69. The van der Waals surface area contributed by atoms with Crippen LogP contribution in [-0.4, -0.2) is 39.3 Å². The van der Waals surface area contributed by atoms with E-state index >= 15 is 0 Å². The number of rotatable bonds is 7. The number of ether oxygens (including phenoxy) is 1. The standard InChI is InChI=1S/C13H23N3O3/c1-5-19-13(18)12-11(6-9(2)3)16(15-14-12)7-10(4)8-17/h9-10,17H,5-8H2,1-4H3. The monoisotopic (exact) mass is 269 g/mol. The van der Waals surface area contributed by atoms with Gasteiger partial charge in [0.05, 0.1) is 12.3 Å². The molecule has 1 atom stereocenters. The first-order valence-corrected chi connectivity index (χ1v) is 6.69. The van der Waals surface area contributed by atoms with Gasteiger partial charge in [-0.1, -0.05) is 26.0 Å². The number of aliphatic hydroxyl groups excluding tert-OH is 1. The average Bonchev–Trinajstić information content (AvgIpc) is 2.72. The Bertz CT molecular complexity index is 415. The summed E-state index contributed by atoms with van der Waals surface area (Å²) in [7, 11) is 0. The minimum atomic E-state index is -0.430. The topological polar surface area (TPSA) is 77.2 Å². The van der Waals surface area contributed by atoms with Crippen LogP contribution in [-0.2, 0) is 17.7 Å². The lowest BCUT2D eigenvalue weighted by Crippen LogP contribution is -2.17. The highest BCUT2D eigenvalue weighted by Crippen LogP contribution is 2.14. The van der Waals surface area contributed by atoms with Crippen molar-refractivity contribution in [3.05, 3.63) is 11.4 Å². The van der Waals surface area contributed by atoms with Crippen molar-refractivity contribution in [2.75, 3.05) is 13.2 Å². The molecule has 1 rings (SSSR count). The molecule has 0 bridgehead atoms. The van der Waals surface area contributed by atoms with Gasteiger partial charge in [-0.3, -0.25) is 0 Å². The van der Waals surface area contributed by atoms with Gasteiger partial charge >= 0.3 is 5.97 Å². The van der Waals surface area contributed by atoms with E-state index in [9.17, 15) is 4.79 Å². The summed E-state index contributed by atoms with van der Waals surface area (Å²) in [5.74, 6) is 0.0265. The van der Waals surface area contributed by atoms with E-state index in [1.165, 1.54) is 0 Å². The number of carbonyl (C=O) groups excluding carboxylic acids is 1. The maximum Gasteiger partial charge on any atom is 0.360 e. The van der Waals surface area contributed by atoms with Crippen molar-refractivity contribution in [3.8, 4) is 0 Å². The first kappa shape index (κ1) is 15.6. The third kappa shape index (κ3) is 4.31. The van der Waals surface area contributed by atoms with Gasteiger partial charge in [0.1, 0.15) is 0 Å². The molecule has 0 saturated carbocycles. The molecule has 19 heavy (non-hydrogen) atoms. The molecular formula is C13H23N3O3. The lowest BCUT2D eigenvalue weighted by atomic mass is 10.1. The fraction of sp³-hybridized carbons (Fsp3) is 0.769. The molecule has 0 amide bonds. The maximum absolute atomic E-state index is 11.8. The normalized spacial score (nSPS) is 12.7. The molecule has 0 fully saturated rings. The molecule has 1 aromatic heterocycles. The Balaban J connectivity index is 3.00. The van der Waals surface area contributed by atoms with Crippen molar-refractivity contribution in [3.63, 3.8) is 0 Å². The highest BCUT2D eigenvalue weighted by molar-refractivity contribution is 5.88. The van der Waals surface area contributed by atoms with Crippen LogP contribution in [0.2, 0.25) is 0 Å². The fourth-order valence-corrected chi connectivity index (χ4v) is 1.78. The summed E-state index contributed by atoms with van der Waals surface area (Å²) in [5, 5.41) is 17.1. The molecule has 0 saturated heterocycles. The fourth-order valence-electron chi connectivity index (χ4n) is 1.78. The molecule has 0 spiro atoms. The van der Waals surface area contributed by atoms with Gasteiger partial charge in [0.2, 0.25) is 0 Å². The van der Waals surface area contributed by atoms with Crippen LogP contribution < -0.4 is 0 Å². The summed E-state index contributed by atoms with van der Waals surface area (Å²) in [6, 6.07) is 0. The molecule has 0 radical (unpaired) electrons. The van der Waals surface area contributed by atoms with E-state index in [-0.39, 0.29) is 12.5 Å². The predicted molar refractivity (Wildman–Crippen MR) is 70.8 cm³/mol. The van der Waals surface area contributed by atoms with Crippen molar-refractivity contribution in [2.24, 2.45) is 11.8 Å². The lowest BCUT2D eigenvalue weighted by Gasteiger charge is -2.12. The Morgan fingerprint density at radius 3 is 2.63 bits per heavy atom. The zero-order chi connectivity index (χ0) is 14.4. The number of nitrogens with zero attached hydrogens (tertiary/aromatic N) is 3. The van der Waals surface area contributed by atoms with E-state index < -0.39 is 5.97 Å². The van der Waals surface area contributed by atoms with E-state index in [0.29, 0.717) is 31.2 Å². The Kier molecular flexibility index (Phi) is 5.95. The molecule has 0 aliphatic heterocycles. The van der Waals surface area contributed by atoms with Crippen LogP contribution in [0.4, 0.5) is 0 Å². The van der Waals surface area contributed by atoms with Gasteiger partial charge in [0, 0.05) is 13.2 Å². The number of carbonyl (C=O) groups is 1. The van der Waals surface area contributed by atoms with Crippen molar-refractivity contribution < 1.29 is 14.6 Å². The molecule has 1 N–H and O–H groups in total. The van der Waals surface area contributed by atoms with Crippen molar-refractivity contribution in [1.82, 2.24) is 15.0 Å². The second kappa shape index (κ2) is 7.23. The van der Waals surface area contributed by atoms with E-state index in [1.807, 2.05) is 6.92 Å². The van der Waals surface area contributed by atoms with E-state index in [1.54, 1.807) is 11.6 Å². The van der Waals surface area contributed by atoms with Crippen LogP contribution in [0.1, 0.15) is 43.9 Å². The maximum atomic E-state index is 11.8. The Morgan fingerprint density at radius 2 is 2.11 bits per heavy atom. The van der Waals surface area contributed by atoms with Crippen molar-refractivity contribution >= 4 is 5.97 Å². The van der Waals surface area contributed by atoms with Crippen LogP contribution in [0.5, 0.6) is 0 Å². The van der Waals surface area contributed by atoms with Gasteiger partial charge in [0.25, 0.3) is 0 Å². The summed E-state index contributed by atoms with van der Waals surface area (Å²) in [5.41, 5.74) is 1.08. The SMILES string of the molecule is CCOC(=O)c1nnn(CC(C)CO)c1CC(C)C. The number of aromatic nitrogens is 3. The molecule has 0 aliphatic carbocycles. The third-order valence-electron chi connectivity index (χ3n) is 2.70. The van der Waals surface area contributed by atoms with Gasteiger partial charge in [-0.15, -0.1) is 5.10 Å². The van der Waals surface area contributed by atoms with E-state index in [4.69, 9.17) is 9.84 Å². The smallest absolute Gasteiger partial charge is 0.360 e. The summed E-state index contributed by atoms with van der Waals surface area (Å²) in [6.07, 6.45) is 0.708. The van der Waals surface area contributed by atoms with Crippen LogP contribution in [0.3, 0.4) is 0 Å². The van der Waals surface area contributed by atoms with Gasteiger partial charge in [-0.05, 0) is 25.2 Å². The second-order valence-corrected chi connectivity index (χ2v) is 5.17. The minimum absolute atomic E-state index is 0.0719. The Hall–Kier alpha value is -1.43. The molecule has 6 nitrogen and oxygen atoms in total. The highest BCUT2D eigenvalue weighted by atomic mass is 16.5. The summed E-state index contributed by atoms with van der Waals surface area (Å²) < 4.78 is 6.69.